The van der Waals surface area contributed by atoms with Crippen molar-refractivity contribution in [2.75, 3.05) is 26.9 Å². The largest absolute Gasteiger partial charge is 0.462 e. The van der Waals surface area contributed by atoms with Gasteiger partial charge in [0.2, 0.25) is 0 Å². The lowest BCUT2D eigenvalue weighted by Gasteiger charge is -2.40. The zero-order valence-corrected chi connectivity index (χ0v) is 33.6. The van der Waals surface area contributed by atoms with Crippen LogP contribution in [0.3, 0.4) is 0 Å². The van der Waals surface area contributed by atoms with E-state index in [1.807, 2.05) is 0 Å². The average Bonchev–Trinajstić information content (AvgIpc) is 3.14. The number of ether oxygens (including phenoxy) is 5. The first-order chi connectivity index (χ1) is 25.3. The molecule has 6 atom stereocenters. The van der Waals surface area contributed by atoms with Crippen LogP contribution in [0.5, 0.6) is 0 Å². The van der Waals surface area contributed by atoms with Crippen molar-refractivity contribution in [2.45, 2.75) is 230 Å². The quantitative estimate of drug-likeness (QED) is 0.0421. The van der Waals surface area contributed by atoms with Crippen LogP contribution in [-0.4, -0.2) is 91.0 Å². The van der Waals surface area contributed by atoms with E-state index in [0.717, 1.165) is 38.5 Å². The smallest absolute Gasteiger partial charge is 0.306 e. The minimum atomic E-state index is -1.52. The first-order valence-corrected chi connectivity index (χ1v) is 21.5. The second-order valence-electron chi connectivity index (χ2n) is 15.1. The van der Waals surface area contributed by atoms with Gasteiger partial charge in [-0.15, -0.1) is 0 Å². The molecule has 10 nitrogen and oxygen atoms in total. The Morgan fingerprint density at radius 2 is 0.942 bits per heavy atom. The summed E-state index contributed by atoms with van der Waals surface area (Å²) in [4.78, 5) is 25.3. The Morgan fingerprint density at radius 3 is 1.37 bits per heavy atom. The van der Waals surface area contributed by atoms with Crippen LogP contribution in [0.1, 0.15) is 194 Å². The van der Waals surface area contributed by atoms with E-state index in [0.29, 0.717) is 6.42 Å². The van der Waals surface area contributed by atoms with E-state index in [-0.39, 0.29) is 32.2 Å². The Bertz CT molecular complexity index is 827. The molecular weight excluding hydrogens is 664 g/mol. The van der Waals surface area contributed by atoms with Gasteiger partial charge in [-0.25, -0.2) is 0 Å². The molecule has 0 aromatic rings. The van der Waals surface area contributed by atoms with Crippen molar-refractivity contribution in [2.24, 2.45) is 0 Å². The van der Waals surface area contributed by atoms with E-state index in [4.69, 9.17) is 23.7 Å². The summed E-state index contributed by atoms with van der Waals surface area (Å²) < 4.78 is 27.6. The lowest BCUT2D eigenvalue weighted by Crippen LogP contribution is -2.59. The van der Waals surface area contributed by atoms with E-state index < -0.39 is 42.8 Å². The Balaban J connectivity index is 2.38. The molecule has 0 saturated carbocycles. The van der Waals surface area contributed by atoms with Crippen LogP contribution in [0.15, 0.2) is 0 Å². The number of aliphatic hydroxyl groups excluding tert-OH is 3. The third-order valence-corrected chi connectivity index (χ3v) is 10.1. The summed E-state index contributed by atoms with van der Waals surface area (Å²) in [5, 5.41) is 31.0. The summed E-state index contributed by atoms with van der Waals surface area (Å²) in [7, 11) is 1.43. The van der Waals surface area contributed by atoms with Gasteiger partial charge in [0.25, 0.3) is 0 Å². The van der Waals surface area contributed by atoms with Gasteiger partial charge in [-0.1, -0.05) is 168 Å². The van der Waals surface area contributed by atoms with Crippen LogP contribution in [0.25, 0.3) is 0 Å². The number of rotatable bonds is 36. The minimum absolute atomic E-state index is 0.0147. The molecule has 1 aliphatic heterocycles. The number of hydrogen-bond acceptors (Lipinski definition) is 10. The molecule has 1 saturated heterocycles. The van der Waals surface area contributed by atoms with Crippen molar-refractivity contribution >= 4 is 11.9 Å². The Labute approximate surface area is 317 Å². The fourth-order valence-electron chi connectivity index (χ4n) is 6.75. The average molecular weight is 745 g/mol. The van der Waals surface area contributed by atoms with Crippen molar-refractivity contribution in [3.8, 4) is 0 Å². The summed E-state index contributed by atoms with van der Waals surface area (Å²) >= 11 is 0. The minimum Gasteiger partial charge on any atom is -0.462 e. The van der Waals surface area contributed by atoms with Crippen molar-refractivity contribution in [3.05, 3.63) is 0 Å². The summed E-state index contributed by atoms with van der Waals surface area (Å²) in [6.07, 6.45) is 24.7. The van der Waals surface area contributed by atoms with Crippen LogP contribution < -0.4 is 0 Å². The number of hydrogen-bond donors (Lipinski definition) is 3. The molecule has 1 rings (SSSR count). The maximum atomic E-state index is 12.8. The van der Waals surface area contributed by atoms with Crippen LogP contribution in [0.4, 0.5) is 0 Å². The maximum absolute atomic E-state index is 12.8. The first kappa shape index (κ1) is 48.7. The maximum Gasteiger partial charge on any atom is 0.306 e. The molecule has 0 radical (unpaired) electrons. The van der Waals surface area contributed by atoms with E-state index in [2.05, 4.69) is 13.8 Å². The molecule has 1 fully saturated rings. The van der Waals surface area contributed by atoms with Crippen LogP contribution in [-0.2, 0) is 33.3 Å². The van der Waals surface area contributed by atoms with Gasteiger partial charge in [-0.05, 0) is 12.8 Å². The second-order valence-corrected chi connectivity index (χ2v) is 15.1. The highest BCUT2D eigenvalue weighted by molar-refractivity contribution is 5.70. The molecule has 52 heavy (non-hydrogen) atoms. The Kier molecular flexibility index (Phi) is 32.1. The summed E-state index contributed by atoms with van der Waals surface area (Å²) in [6.45, 7) is 4.08. The molecular formula is C42H80O10. The van der Waals surface area contributed by atoms with Gasteiger partial charge in [0, 0.05) is 20.0 Å². The van der Waals surface area contributed by atoms with Gasteiger partial charge in [0.1, 0.15) is 31.0 Å². The normalized spacial score (nSPS) is 20.9. The Hall–Kier alpha value is -1.30. The molecule has 0 spiro atoms. The number of esters is 2. The van der Waals surface area contributed by atoms with Crippen molar-refractivity contribution < 1.29 is 48.6 Å². The predicted octanol–water partition coefficient (Wildman–Crippen LogP) is 8.87. The zero-order chi connectivity index (χ0) is 38.1. The predicted molar refractivity (Wildman–Crippen MR) is 206 cm³/mol. The van der Waals surface area contributed by atoms with Gasteiger partial charge in [-0.3, -0.25) is 9.59 Å². The van der Waals surface area contributed by atoms with Crippen LogP contribution >= 0.6 is 0 Å². The highest BCUT2D eigenvalue weighted by Crippen LogP contribution is 2.23. The Morgan fingerprint density at radius 1 is 0.538 bits per heavy atom. The van der Waals surface area contributed by atoms with Gasteiger partial charge in [-0.2, -0.15) is 0 Å². The van der Waals surface area contributed by atoms with E-state index >= 15 is 0 Å². The van der Waals surface area contributed by atoms with Gasteiger partial charge in [0.05, 0.1) is 13.2 Å². The molecule has 3 N–H and O–H groups in total. The molecule has 0 aliphatic carbocycles. The lowest BCUT2D eigenvalue weighted by atomic mass is 9.99. The number of methoxy groups -OCH3 is 1. The number of carbonyl (C=O) groups excluding carboxylic acids is 2. The van der Waals surface area contributed by atoms with E-state index in [9.17, 15) is 24.9 Å². The molecule has 0 amide bonds. The third-order valence-electron chi connectivity index (χ3n) is 10.1. The summed E-state index contributed by atoms with van der Waals surface area (Å²) in [5.41, 5.74) is 0. The van der Waals surface area contributed by atoms with E-state index in [1.54, 1.807) is 0 Å². The second kappa shape index (κ2) is 34.2. The number of unbranched alkanes of at least 4 members (excludes halogenated alkanes) is 24. The fourth-order valence-corrected chi connectivity index (χ4v) is 6.75. The highest BCUT2D eigenvalue weighted by atomic mass is 16.7. The lowest BCUT2D eigenvalue weighted by molar-refractivity contribution is -0.306. The van der Waals surface area contributed by atoms with Gasteiger partial charge in [0.15, 0.2) is 12.4 Å². The fraction of sp³-hybridized carbons (Fsp3) is 0.952. The topological polar surface area (TPSA) is 141 Å². The van der Waals surface area contributed by atoms with Crippen molar-refractivity contribution in [3.63, 3.8) is 0 Å². The first-order valence-electron chi connectivity index (χ1n) is 21.5. The third kappa shape index (κ3) is 25.7. The monoisotopic (exact) mass is 745 g/mol. The van der Waals surface area contributed by atoms with Gasteiger partial charge >= 0.3 is 11.9 Å². The summed E-state index contributed by atoms with van der Waals surface area (Å²) in [5.74, 6) is -0.754. The SMILES string of the molecule is CCCCCCCCCCCCCCCC(=O)OC[C@H](CO[C@@H]1O[C@H](COC)[C@H](O)[C@H](O)[C@H]1O)OC(=O)CCCCCCCCCCCCCCC. The number of aliphatic hydroxyl groups is 3. The molecule has 0 aromatic carbocycles. The standard InChI is InChI=1S/C42H80O10/c1-4-6-8-10-12-14-16-18-20-22-24-26-28-30-37(43)49-32-35(33-50-42-41(47)40(46)39(45)36(52-42)34-48-3)51-38(44)31-29-27-25-23-21-19-17-15-13-11-9-7-5-2/h35-36,39-42,45-47H,4-34H2,1-3H3/t35-,36-,39+,40+,41-,42-/m1/s1. The number of carbonyl (C=O) groups is 2. The van der Waals surface area contributed by atoms with Gasteiger partial charge < -0.3 is 39.0 Å². The zero-order valence-electron chi connectivity index (χ0n) is 33.6. The van der Waals surface area contributed by atoms with Crippen molar-refractivity contribution in [1.82, 2.24) is 0 Å². The molecule has 0 bridgehead atoms. The van der Waals surface area contributed by atoms with Crippen LogP contribution in [0.2, 0.25) is 0 Å². The van der Waals surface area contributed by atoms with Crippen molar-refractivity contribution in [1.29, 1.82) is 0 Å². The molecule has 0 unspecified atom stereocenters. The molecule has 308 valence electrons. The van der Waals surface area contributed by atoms with E-state index in [1.165, 1.54) is 136 Å². The van der Waals surface area contributed by atoms with Crippen LogP contribution in [0, 0.1) is 0 Å². The molecule has 10 heteroatoms. The molecule has 1 aliphatic rings. The summed E-state index contributed by atoms with van der Waals surface area (Å²) in [6, 6.07) is 0. The highest BCUT2D eigenvalue weighted by Gasteiger charge is 2.44. The molecule has 1 heterocycles. The molecule has 0 aromatic heterocycles.